The van der Waals surface area contributed by atoms with Crippen molar-refractivity contribution in [3.63, 3.8) is 0 Å². The van der Waals surface area contributed by atoms with Crippen LogP contribution < -0.4 is 37.2 Å². The largest absolute Gasteiger partial charge is 0.351 e. The number of hydrogen-bond donors (Lipinski definition) is 7. The molecule has 6 aliphatic rings. The van der Waals surface area contributed by atoms with Gasteiger partial charge in [-0.1, -0.05) is 68.4 Å². The third-order valence-corrected chi connectivity index (χ3v) is 16.0. The zero-order chi connectivity index (χ0) is 52.2. The Kier molecular flexibility index (Phi) is 15.9. The number of nitrogens with zero attached hydrogens (tertiary/aromatic N) is 4. The second-order valence-corrected chi connectivity index (χ2v) is 21.1. The van der Waals surface area contributed by atoms with Gasteiger partial charge in [-0.3, -0.25) is 28.8 Å². The number of rotatable bonds is 14. The maximum atomic E-state index is 14.3. The summed E-state index contributed by atoms with van der Waals surface area (Å²) < 4.78 is 0. The topological polar surface area (TPSA) is 234 Å². The monoisotopic (exact) mass is 1010 g/mol. The van der Waals surface area contributed by atoms with Gasteiger partial charge < -0.3 is 56.8 Å². The molecule has 4 aliphatic heterocycles. The van der Waals surface area contributed by atoms with Crippen molar-refractivity contribution in [2.75, 3.05) is 43.9 Å². The van der Waals surface area contributed by atoms with Gasteiger partial charge in [-0.25, -0.2) is 9.59 Å². The third-order valence-electron chi connectivity index (χ3n) is 16.0. The normalized spacial score (nSPS) is 27.7. The summed E-state index contributed by atoms with van der Waals surface area (Å²) in [5.41, 5.74) is 4.25. The highest BCUT2D eigenvalue weighted by atomic mass is 16.2. The summed E-state index contributed by atoms with van der Waals surface area (Å²) in [6.45, 7) is 6.01. The van der Waals surface area contributed by atoms with Crippen LogP contribution in [0.3, 0.4) is 0 Å². The summed E-state index contributed by atoms with van der Waals surface area (Å²) in [5, 5.41) is 20.8. The van der Waals surface area contributed by atoms with Crippen molar-refractivity contribution in [1.29, 1.82) is 0 Å². The molecular weight excluding hydrogens is 943 g/mol. The minimum atomic E-state index is -1.05. The molecule has 9 rings (SSSR count). The van der Waals surface area contributed by atoms with Gasteiger partial charge in [-0.2, -0.15) is 0 Å². The summed E-state index contributed by atoms with van der Waals surface area (Å²) >= 11 is 0. The van der Waals surface area contributed by atoms with Gasteiger partial charge in [0, 0.05) is 61.0 Å². The van der Waals surface area contributed by atoms with E-state index in [1.807, 2.05) is 66.7 Å². The Morgan fingerprint density at radius 2 is 1.09 bits per heavy atom. The third kappa shape index (κ3) is 12.0. The first-order valence-corrected chi connectivity index (χ1v) is 26.5. The molecule has 7 N–H and O–H groups in total. The van der Waals surface area contributed by atoms with E-state index in [0.29, 0.717) is 75.3 Å². The molecule has 4 saturated heterocycles. The molecule has 0 radical (unpaired) electrons. The van der Waals surface area contributed by atoms with Gasteiger partial charge in [0.15, 0.2) is 0 Å². The molecule has 19 nitrogen and oxygen atoms in total. The molecule has 2 saturated carbocycles. The quantitative estimate of drug-likeness (QED) is 0.125. The van der Waals surface area contributed by atoms with E-state index in [1.165, 1.54) is 5.56 Å². The van der Waals surface area contributed by atoms with Crippen LogP contribution in [0.1, 0.15) is 101 Å². The first kappa shape index (κ1) is 51.9. The number of fused-ring (bicyclic) bond motifs is 2. The van der Waals surface area contributed by atoms with Gasteiger partial charge in [0.2, 0.25) is 35.4 Å². The molecule has 10 amide bonds. The van der Waals surface area contributed by atoms with Gasteiger partial charge in [-0.15, -0.1) is 0 Å². The van der Waals surface area contributed by atoms with E-state index in [4.69, 9.17) is 0 Å². The van der Waals surface area contributed by atoms with E-state index < -0.39 is 42.3 Å². The highest BCUT2D eigenvalue weighted by Crippen LogP contribution is 2.41. The first-order valence-electron chi connectivity index (χ1n) is 26.5. The fraction of sp³-hybridized carbons (Fsp3) is 0.527. The minimum absolute atomic E-state index is 0.0151. The van der Waals surface area contributed by atoms with Crippen molar-refractivity contribution in [2.24, 2.45) is 5.92 Å². The van der Waals surface area contributed by atoms with Crippen molar-refractivity contribution in [2.45, 2.75) is 145 Å². The lowest BCUT2D eigenvalue weighted by atomic mass is 10.0. The number of anilines is 2. The van der Waals surface area contributed by atoms with Gasteiger partial charge in [0.05, 0.1) is 19.1 Å². The van der Waals surface area contributed by atoms with Crippen molar-refractivity contribution in [3.8, 4) is 0 Å². The van der Waals surface area contributed by atoms with E-state index in [1.54, 1.807) is 40.5 Å². The van der Waals surface area contributed by atoms with E-state index in [9.17, 15) is 38.4 Å². The average molecular weight is 1010 g/mol. The fourth-order valence-corrected chi connectivity index (χ4v) is 11.1. The van der Waals surface area contributed by atoms with Crippen LogP contribution in [0.2, 0.25) is 0 Å². The van der Waals surface area contributed by atoms with Gasteiger partial charge in [-0.05, 0) is 119 Å². The van der Waals surface area contributed by atoms with Crippen molar-refractivity contribution >= 4 is 58.9 Å². The summed E-state index contributed by atoms with van der Waals surface area (Å²) in [6.07, 6.45) is 5.74. The molecule has 3 aromatic carbocycles. The van der Waals surface area contributed by atoms with Crippen LogP contribution in [-0.2, 0) is 35.2 Å². The van der Waals surface area contributed by atoms with E-state index in [-0.39, 0.29) is 85.0 Å². The number of hydrogen-bond acceptors (Lipinski definition) is 9. The second kappa shape index (κ2) is 22.6. The van der Waals surface area contributed by atoms with Gasteiger partial charge >= 0.3 is 12.1 Å². The number of urea groups is 2. The molecule has 0 bridgehead atoms. The molecule has 6 fully saturated rings. The molecule has 0 spiro atoms. The molecule has 394 valence electrons. The average Bonchev–Trinajstić information content (AvgIpc) is 4.21. The van der Waals surface area contributed by atoms with Crippen molar-refractivity contribution in [1.82, 2.24) is 46.2 Å². The number of benzene rings is 3. The fourth-order valence-electron chi connectivity index (χ4n) is 11.1. The predicted molar refractivity (Wildman–Crippen MR) is 278 cm³/mol. The molecule has 2 aliphatic carbocycles. The summed E-state index contributed by atoms with van der Waals surface area (Å²) in [7, 11) is 1.65. The van der Waals surface area contributed by atoms with Crippen LogP contribution >= 0.6 is 0 Å². The highest BCUT2D eigenvalue weighted by Gasteiger charge is 2.49. The standard InChI is InChI=1S/C55H71N11O8/c1-5-48(67)59-44-30-63(25-23-39-20-22-47(65(39)52(44)71)51(70)61-43-29-41(43)36-9-7-6-8-10-36)54(73)57-37-15-11-34(12-16-37)28-35-13-17-38(18-14-35)58-55(74)64-26-24-40-19-21-46(50(69)60-42-27-32(42)2)66(40)53(72)45(31-64)62-49(68)33(3)56-4/h6-18,32-33,39-47,56H,5,19-31H2,1-4H3,(H,57,73)(H,58,74)(H,59,67)(H,60,69)(H,61,70)(H,62,68)/t32-,33-,39+,40+,41+,42-,43-,44-,45-,46-,47?/m0/s1. The molecule has 0 aromatic heterocycles. The molecule has 74 heavy (non-hydrogen) atoms. The van der Waals surface area contributed by atoms with Crippen LogP contribution in [0.4, 0.5) is 21.0 Å². The van der Waals surface area contributed by atoms with E-state index >= 15 is 0 Å². The molecule has 4 heterocycles. The van der Waals surface area contributed by atoms with Crippen LogP contribution in [0.25, 0.3) is 0 Å². The molecule has 11 atom stereocenters. The Labute approximate surface area is 432 Å². The zero-order valence-corrected chi connectivity index (χ0v) is 42.8. The number of amides is 10. The molecule has 3 aromatic rings. The van der Waals surface area contributed by atoms with Crippen LogP contribution in [0.15, 0.2) is 78.9 Å². The maximum Gasteiger partial charge on any atom is 0.321 e. The van der Waals surface area contributed by atoms with E-state index in [0.717, 1.165) is 24.0 Å². The molecular formula is C55H71N11O8. The van der Waals surface area contributed by atoms with E-state index in [2.05, 4.69) is 56.3 Å². The molecule has 19 heteroatoms. The molecule has 1 unspecified atom stereocenters. The Bertz CT molecular complexity index is 2580. The minimum Gasteiger partial charge on any atom is -0.351 e. The number of nitrogens with one attached hydrogen (secondary N) is 7. The summed E-state index contributed by atoms with van der Waals surface area (Å²) in [6, 6.07) is 19.9. The lowest BCUT2D eigenvalue weighted by Gasteiger charge is -2.39. The number of carbonyl (C=O) groups is 8. The van der Waals surface area contributed by atoms with Crippen molar-refractivity contribution < 1.29 is 38.4 Å². The Morgan fingerprint density at radius 3 is 1.57 bits per heavy atom. The Hall–Kier alpha value is -7.02. The SMILES string of the molecule is CCC(=O)N[C@H]1CN(C(=O)Nc2ccc(Cc3ccc(NC(=O)N4CC[C@H]5CC[C@@H](C(=O)N[C@H]6C[C@@H]6C)N5C(=O)[C@@H](NC(=O)[C@H](C)NC)C4)cc3)cc2)CC[C@H]2CCC(C(=O)N[C@H]3C[C@@H]3c3ccccc3)N2C1=O. The zero-order valence-electron chi connectivity index (χ0n) is 42.8. The smallest absolute Gasteiger partial charge is 0.321 e. The lowest BCUT2D eigenvalue weighted by Crippen LogP contribution is -2.62. The summed E-state index contributed by atoms with van der Waals surface area (Å²) in [5.74, 6) is -1.11. The van der Waals surface area contributed by atoms with Crippen LogP contribution in [0.5, 0.6) is 0 Å². The van der Waals surface area contributed by atoms with Crippen LogP contribution in [-0.4, -0.2) is 155 Å². The van der Waals surface area contributed by atoms with Gasteiger partial charge in [0.1, 0.15) is 24.2 Å². The van der Waals surface area contributed by atoms with Gasteiger partial charge in [0.25, 0.3) is 0 Å². The second-order valence-electron chi connectivity index (χ2n) is 21.1. The lowest BCUT2D eigenvalue weighted by molar-refractivity contribution is -0.144. The van der Waals surface area contributed by atoms with Crippen molar-refractivity contribution in [3.05, 3.63) is 95.6 Å². The highest BCUT2D eigenvalue weighted by molar-refractivity contribution is 5.97. The Morgan fingerprint density at radius 1 is 0.608 bits per heavy atom. The number of likely N-dealkylation sites (N-methyl/N-ethyl adjacent to an activating group) is 1. The maximum absolute atomic E-state index is 14.3. The number of carbonyl (C=O) groups excluding carboxylic acids is 8. The first-order chi connectivity index (χ1) is 35.7. The Balaban J connectivity index is 0.782. The van der Waals surface area contributed by atoms with Crippen LogP contribution in [0, 0.1) is 5.92 Å². The predicted octanol–water partition coefficient (Wildman–Crippen LogP) is 3.66. The summed E-state index contributed by atoms with van der Waals surface area (Å²) in [4.78, 5) is 116.